The van der Waals surface area contributed by atoms with Crippen molar-refractivity contribution in [3.63, 3.8) is 0 Å². The molecule has 0 radical (unpaired) electrons. The van der Waals surface area contributed by atoms with Crippen LogP contribution in [-0.4, -0.2) is 4.92 Å². The summed E-state index contributed by atoms with van der Waals surface area (Å²) in [4.78, 5) is 10.7. The van der Waals surface area contributed by atoms with E-state index < -0.39 is 0 Å². The van der Waals surface area contributed by atoms with Crippen molar-refractivity contribution in [3.8, 4) is 11.1 Å². The van der Waals surface area contributed by atoms with Crippen molar-refractivity contribution in [2.24, 2.45) is 0 Å². The van der Waals surface area contributed by atoms with Gasteiger partial charge in [0.25, 0.3) is 5.69 Å². The first-order chi connectivity index (χ1) is 9.65. The highest BCUT2D eigenvalue weighted by atomic mass is 35.5. The lowest BCUT2D eigenvalue weighted by Gasteiger charge is -2.06. The molecule has 0 heterocycles. The van der Waals surface area contributed by atoms with Gasteiger partial charge in [0, 0.05) is 11.1 Å². The second kappa shape index (κ2) is 4.94. The van der Waals surface area contributed by atoms with Gasteiger partial charge in [-0.3, -0.25) is 10.1 Å². The first-order valence-electron chi connectivity index (χ1n) is 6.08. The molecule has 0 fully saturated rings. The van der Waals surface area contributed by atoms with Crippen LogP contribution in [-0.2, 0) is 0 Å². The quantitative estimate of drug-likeness (QED) is 0.487. The van der Waals surface area contributed by atoms with Crippen LogP contribution in [0.3, 0.4) is 0 Å². The molecule has 0 unspecified atom stereocenters. The largest absolute Gasteiger partial charge is 0.277 e. The highest BCUT2D eigenvalue weighted by Crippen LogP contribution is 2.33. The summed E-state index contributed by atoms with van der Waals surface area (Å²) in [5.74, 6) is 0. The molecule has 0 aromatic heterocycles. The van der Waals surface area contributed by atoms with Gasteiger partial charge in [-0.05, 0) is 34.5 Å². The molecule has 20 heavy (non-hydrogen) atoms. The maximum Gasteiger partial charge on any atom is 0.277 e. The zero-order valence-corrected chi connectivity index (χ0v) is 11.2. The Morgan fingerprint density at radius 3 is 2.40 bits per heavy atom. The van der Waals surface area contributed by atoms with E-state index in [4.69, 9.17) is 11.6 Å². The molecule has 0 N–H and O–H groups in total. The molecule has 0 aliphatic carbocycles. The third kappa shape index (κ3) is 2.24. The van der Waals surface area contributed by atoms with Crippen molar-refractivity contribution in [2.45, 2.75) is 0 Å². The predicted octanol–water partition coefficient (Wildman–Crippen LogP) is 5.07. The predicted molar refractivity (Wildman–Crippen MR) is 81.0 cm³/mol. The normalized spacial score (nSPS) is 10.7. The number of hydrogen-bond donors (Lipinski definition) is 0. The summed E-state index contributed by atoms with van der Waals surface area (Å²) in [5.41, 5.74) is 1.39. The number of halogens is 1. The fourth-order valence-corrected chi connectivity index (χ4v) is 2.43. The molecular formula is C16H10ClNO2. The van der Waals surface area contributed by atoms with Crippen LogP contribution in [0.15, 0.2) is 60.7 Å². The van der Waals surface area contributed by atoms with E-state index in [0.29, 0.717) is 10.6 Å². The highest BCUT2D eigenvalue weighted by molar-refractivity contribution is 6.31. The fraction of sp³-hybridized carbons (Fsp3) is 0. The summed E-state index contributed by atoms with van der Waals surface area (Å²) in [7, 11) is 0. The number of benzene rings is 3. The van der Waals surface area contributed by atoms with Crippen molar-refractivity contribution in [3.05, 3.63) is 75.8 Å². The number of nitro benzene ring substituents is 1. The third-order valence-electron chi connectivity index (χ3n) is 3.22. The van der Waals surface area contributed by atoms with E-state index in [2.05, 4.69) is 0 Å². The standard InChI is InChI=1S/C16H10ClNO2/c17-14-7-8-16(18(19)20)15(10-14)13-6-5-11-3-1-2-4-12(11)9-13/h1-10H. The van der Waals surface area contributed by atoms with Gasteiger partial charge >= 0.3 is 0 Å². The maximum atomic E-state index is 11.1. The average Bonchev–Trinajstić information content (AvgIpc) is 2.46. The second-order valence-electron chi connectivity index (χ2n) is 4.48. The van der Waals surface area contributed by atoms with Crippen LogP contribution in [0.5, 0.6) is 0 Å². The van der Waals surface area contributed by atoms with Gasteiger partial charge in [0.05, 0.1) is 10.5 Å². The number of nitro groups is 1. The Morgan fingerprint density at radius 1 is 0.900 bits per heavy atom. The van der Waals surface area contributed by atoms with Gasteiger partial charge < -0.3 is 0 Å². The van der Waals surface area contributed by atoms with Gasteiger partial charge in [0.15, 0.2) is 0 Å². The summed E-state index contributed by atoms with van der Waals surface area (Å²) in [6.07, 6.45) is 0. The van der Waals surface area contributed by atoms with Crippen LogP contribution >= 0.6 is 11.6 Å². The van der Waals surface area contributed by atoms with Gasteiger partial charge in [-0.2, -0.15) is 0 Å². The highest BCUT2D eigenvalue weighted by Gasteiger charge is 2.15. The molecule has 0 saturated heterocycles. The molecule has 0 saturated carbocycles. The zero-order chi connectivity index (χ0) is 14.1. The van der Waals surface area contributed by atoms with E-state index >= 15 is 0 Å². The molecular weight excluding hydrogens is 274 g/mol. The SMILES string of the molecule is O=[N+]([O-])c1ccc(Cl)cc1-c1ccc2ccccc2c1. The summed E-state index contributed by atoms with van der Waals surface area (Å²) in [5, 5.41) is 13.8. The smallest absolute Gasteiger partial charge is 0.258 e. The summed E-state index contributed by atoms with van der Waals surface area (Å²) < 4.78 is 0. The van der Waals surface area contributed by atoms with Crippen LogP contribution in [0.2, 0.25) is 5.02 Å². The van der Waals surface area contributed by atoms with Crippen LogP contribution < -0.4 is 0 Å². The molecule has 4 heteroatoms. The minimum absolute atomic E-state index is 0.0599. The molecule has 0 bridgehead atoms. The van der Waals surface area contributed by atoms with Gasteiger partial charge in [-0.1, -0.05) is 48.0 Å². The molecule has 98 valence electrons. The number of rotatable bonds is 2. The molecule has 3 aromatic carbocycles. The van der Waals surface area contributed by atoms with Crippen LogP contribution in [0.25, 0.3) is 21.9 Å². The topological polar surface area (TPSA) is 43.1 Å². The second-order valence-corrected chi connectivity index (χ2v) is 4.92. The lowest BCUT2D eigenvalue weighted by molar-refractivity contribution is -0.384. The molecule has 0 amide bonds. The first kappa shape index (κ1) is 12.6. The van der Waals surface area contributed by atoms with E-state index in [1.165, 1.54) is 12.1 Å². The Bertz CT molecular complexity index is 814. The Morgan fingerprint density at radius 2 is 1.65 bits per heavy atom. The molecule has 0 spiro atoms. The lowest BCUT2D eigenvalue weighted by Crippen LogP contribution is -1.92. The van der Waals surface area contributed by atoms with Gasteiger partial charge in [0.1, 0.15) is 0 Å². The Labute approximate surface area is 120 Å². The minimum atomic E-state index is -0.388. The molecule has 0 atom stereocenters. The van der Waals surface area contributed by atoms with E-state index in [1.54, 1.807) is 6.07 Å². The number of fused-ring (bicyclic) bond motifs is 1. The number of hydrogen-bond acceptors (Lipinski definition) is 2. The summed E-state index contributed by atoms with van der Waals surface area (Å²) in [6.45, 7) is 0. The Balaban J connectivity index is 2.24. The molecule has 0 aliphatic rings. The van der Waals surface area contributed by atoms with Crippen molar-refractivity contribution in [1.29, 1.82) is 0 Å². The molecule has 0 aliphatic heterocycles. The molecule has 3 rings (SSSR count). The van der Waals surface area contributed by atoms with Crippen LogP contribution in [0.1, 0.15) is 0 Å². The summed E-state index contributed by atoms with van der Waals surface area (Å²) >= 11 is 5.97. The first-order valence-corrected chi connectivity index (χ1v) is 6.46. The van der Waals surface area contributed by atoms with E-state index in [9.17, 15) is 10.1 Å². The fourth-order valence-electron chi connectivity index (χ4n) is 2.26. The van der Waals surface area contributed by atoms with Gasteiger partial charge in [0.2, 0.25) is 0 Å². The van der Waals surface area contributed by atoms with Gasteiger partial charge in [-0.15, -0.1) is 0 Å². The van der Waals surface area contributed by atoms with Crippen LogP contribution in [0, 0.1) is 10.1 Å². The third-order valence-corrected chi connectivity index (χ3v) is 3.45. The van der Waals surface area contributed by atoms with Crippen molar-refractivity contribution in [2.75, 3.05) is 0 Å². The Kier molecular flexibility index (Phi) is 3.12. The van der Waals surface area contributed by atoms with Crippen LogP contribution in [0.4, 0.5) is 5.69 Å². The number of nitrogens with zero attached hydrogens (tertiary/aromatic N) is 1. The van der Waals surface area contributed by atoms with Gasteiger partial charge in [-0.25, -0.2) is 0 Å². The van der Waals surface area contributed by atoms with Crippen molar-refractivity contribution in [1.82, 2.24) is 0 Å². The molecule has 3 aromatic rings. The Hall–Kier alpha value is -2.39. The van der Waals surface area contributed by atoms with Crippen molar-refractivity contribution < 1.29 is 4.92 Å². The molecule has 3 nitrogen and oxygen atoms in total. The minimum Gasteiger partial charge on any atom is -0.258 e. The lowest BCUT2D eigenvalue weighted by atomic mass is 10.00. The van der Waals surface area contributed by atoms with Crippen molar-refractivity contribution >= 4 is 28.1 Å². The maximum absolute atomic E-state index is 11.1. The van der Waals surface area contributed by atoms with E-state index in [-0.39, 0.29) is 10.6 Å². The van der Waals surface area contributed by atoms with E-state index in [1.807, 2.05) is 42.5 Å². The average molecular weight is 284 g/mol. The zero-order valence-electron chi connectivity index (χ0n) is 10.4. The summed E-state index contributed by atoms with van der Waals surface area (Å²) in [6, 6.07) is 18.3. The van der Waals surface area contributed by atoms with E-state index in [0.717, 1.165) is 16.3 Å². The monoisotopic (exact) mass is 283 g/mol.